The van der Waals surface area contributed by atoms with Gasteiger partial charge in [0.1, 0.15) is 0 Å². The molecule has 1 aromatic carbocycles. The smallest absolute Gasteiger partial charge is 0.404 e. The summed E-state index contributed by atoms with van der Waals surface area (Å²) in [4.78, 5) is 10.2. The van der Waals surface area contributed by atoms with Crippen LogP contribution in [0.15, 0.2) is 30.3 Å². The molecule has 0 aliphatic heterocycles. The summed E-state index contributed by atoms with van der Waals surface area (Å²) in [7, 11) is 0. The fourth-order valence-electron chi connectivity index (χ4n) is 1.10. The molecule has 0 radical (unpaired) electrons. The van der Waals surface area contributed by atoms with Gasteiger partial charge in [0.15, 0.2) is 0 Å². The van der Waals surface area contributed by atoms with E-state index in [2.05, 4.69) is 5.32 Å². The Labute approximate surface area is 85.0 Å². The van der Waals surface area contributed by atoms with Crippen LogP contribution in [0, 0.1) is 0 Å². The van der Waals surface area contributed by atoms with Crippen molar-refractivity contribution in [3.8, 4) is 0 Å². The predicted octanol–water partition coefficient (Wildman–Crippen LogP) is 2.69. The van der Waals surface area contributed by atoms with Crippen molar-refractivity contribution in [1.29, 1.82) is 0 Å². The molecule has 15 heavy (non-hydrogen) atoms. The van der Waals surface area contributed by atoms with E-state index < -0.39 is 12.2 Å². The quantitative estimate of drug-likeness (QED) is 0.810. The highest BCUT2D eigenvalue weighted by Gasteiger charge is 1.98. The summed E-state index contributed by atoms with van der Waals surface area (Å²) in [6.45, 7) is 0.102. The number of halogens is 2. The Morgan fingerprint density at radius 2 is 2.20 bits per heavy atom. The topological polar surface area (TPSA) is 49.3 Å². The van der Waals surface area contributed by atoms with E-state index >= 15 is 0 Å². The van der Waals surface area contributed by atoms with E-state index in [0.29, 0.717) is 11.1 Å². The first-order valence-corrected chi connectivity index (χ1v) is 4.16. The second-order valence-electron chi connectivity index (χ2n) is 2.84. The van der Waals surface area contributed by atoms with Crippen molar-refractivity contribution in [2.24, 2.45) is 0 Å². The number of rotatable bonds is 3. The summed E-state index contributed by atoms with van der Waals surface area (Å²) in [6, 6.07) is 6.26. The zero-order chi connectivity index (χ0) is 11.3. The molecular formula is C10H9F2NO2. The lowest BCUT2D eigenvalue weighted by Crippen LogP contribution is -2.19. The van der Waals surface area contributed by atoms with Crippen molar-refractivity contribution in [3.05, 3.63) is 41.5 Å². The number of benzene rings is 1. The molecule has 1 rings (SSSR count). The molecule has 80 valence electrons. The largest absolute Gasteiger partial charge is 0.465 e. The van der Waals surface area contributed by atoms with Gasteiger partial charge in [0.2, 0.25) is 0 Å². The van der Waals surface area contributed by atoms with E-state index in [1.807, 2.05) is 0 Å². The monoisotopic (exact) mass is 213 g/mol. The normalized spacial score (nSPS) is 9.47. The first-order chi connectivity index (χ1) is 7.08. The van der Waals surface area contributed by atoms with Gasteiger partial charge < -0.3 is 10.4 Å². The highest BCUT2D eigenvalue weighted by Crippen LogP contribution is 2.11. The minimum absolute atomic E-state index is 0.102. The summed E-state index contributed by atoms with van der Waals surface area (Å²) in [5.41, 5.74) is 0.979. The standard InChI is InChI=1S/C10H9F2NO2/c11-9(12)5-7-2-1-3-8(4-7)6-13-10(14)15/h1-5,13H,6H2,(H,14,15). The number of carboxylic acid groups (broad SMARTS) is 1. The van der Waals surface area contributed by atoms with Gasteiger partial charge in [-0.2, -0.15) is 8.78 Å². The van der Waals surface area contributed by atoms with E-state index in [4.69, 9.17) is 5.11 Å². The third-order valence-corrected chi connectivity index (χ3v) is 1.67. The van der Waals surface area contributed by atoms with Gasteiger partial charge in [0, 0.05) is 12.6 Å². The summed E-state index contributed by atoms with van der Waals surface area (Å²) in [5.74, 6) is 0. The third-order valence-electron chi connectivity index (χ3n) is 1.67. The van der Waals surface area contributed by atoms with Gasteiger partial charge in [-0.05, 0) is 17.2 Å². The minimum atomic E-state index is -1.78. The van der Waals surface area contributed by atoms with Gasteiger partial charge in [0.25, 0.3) is 6.08 Å². The van der Waals surface area contributed by atoms with Crippen molar-refractivity contribution in [2.75, 3.05) is 0 Å². The van der Waals surface area contributed by atoms with Crippen LogP contribution in [0.25, 0.3) is 6.08 Å². The lowest BCUT2D eigenvalue weighted by Gasteiger charge is -2.02. The fourth-order valence-corrected chi connectivity index (χ4v) is 1.10. The molecule has 0 spiro atoms. The first-order valence-electron chi connectivity index (χ1n) is 4.16. The average molecular weight is 213 g/mol. The van der Waals surface area contributed by atoms with E-state index in [0.717, 1.165) is 6.08 Å². The molecule has 0 heterocycles. The van der Waals surface area contributed by atoms with Crippen molar-refractivity contribution in [2.45, 2.75) is 6.54 Å². The van der Waals surface area contributed by atoms with E-state index in [1.54, 1.807) is 12.1 Å². The first kappa shape index (κ1) is 11.2. The molecule has 3 nitrogen and oxygen atoms in total. The van der Waals surface area contributed by atoms with Crippen LogP contribution in [0.5, 0.6) is 0 Å². The summed E-state index contributed by atoms with van der Waals surface area (Å²) < 4.78 is 23.8. The zero-order valence-electron chi connectivity index (χ0n) is 7.71. The second-order valence-corrected chi connectivity index (χ2v) is 2.84. The van der Waals surface area contributed by atoms with Crippen LogP contribution >= 0.6 is 0 Å². The molecule has 5 heteroatoms. The molecule has 1 aromatic rings. The number of hydrogen-bond donors (Lipinski definition) is 2. The second kappa shape index (κ2) is 5.09. The Balaban J connectivity index is 2.74. The minimum Gasteiger partial charge on any atom is -0.465 e. The van der Waals surface area contributed by atoms with Crippen LogP contribution < -0.4 is 5.32 Å². The van der Waals surface area contributed by atoms with Crippen LogP contribution in [0.1, 0.15) is 11.1 Å². The fraction of sp³-hybridized carbons (Fsp3) is 0.100. The van der Waals surface area contributed by atoms with Crippen molar-refractivity contribution < 1.29 is 18.7 Å². The molecular weight excluding hydrogens is 204 g/mol. The molecule has 1 amide bonds. The summed E-state index contributed by atoms with van der Waals surface area (Å²) >= 11 is 0. The molecule has 0 saturated carbocycles. The number of hydrogen-bond acceptors (Lipinski definition) is 1. The molecule has 0 aliphatic carbocycles. The van der Waals surface area contributed by atoms with Crippen molar-refractivity contribution in [1.82, 2.24) is 5.32 Å². The molecule has 2 N–H and O–H groups in total. The zero-order valence-corrected chi connectivity index (χ0v) is 7.71. The van der Waals surface area contributed by atoms with E-state index in [1.165, 1.54) is 12.1 Å². The van der Waals surface area contributed by atoms with Crippen molar-refractivity contribution >= 4 is 12.2 Å². The Bertz CT molecular complexity index is 387. The number of carbonyl (C=O) groups is 1. The lowest BCUT2D eigenvalue weighted by molar-refractivity contribution is 0.194. The third kappa shape index (κ3) is 4.21. The number of amides is 1. The summed E-state index contributed by atoms with van der Waals surface area (Å²) in [5, 5.41) is 10.5. The molecule has 0 bridgehead atoms. The molecule has 0 aliphatic rings. The highest BCUT2D eigenvalue weighted by molar-refractivity contribution is 5.64. The Kier molecular flexibility index (Phi) is 3.79. The molecule has 0 aromatic heterocycles. The van der Waals surface area contributed by atoms with Gasteiger partial charge in [0.05, 0.1) is 0 Å². The van der Waals surface area contributed by atoms with Crippen LogP contribution in [-0.4, -0.2) is 11.2 Å². The van der Waals surface area contributed by atoms with Crippen molar-refractivity contribution in [3.63, 3.8) is 0 Å². The van der Waals surface area contributed by atoms with E-state index in [-0.39, 0.29) is 6.54 Å². The maximum atomic E-state index is 11.9. The van der Waals surface area contributed by atoms with Crippen LogP contribution in [0.4, 0.5) is 13.6 Å². The van der Waals surface area contributed by atoms with Crippen LogP contribution in [0.2, 0.25) is 0 Å². The van der Waals surface area contributed by atoms with Gasteiger partial charge in [-0.3, -0.25) is 0 Å². The van der Waals surface area contributed by atoms with Crippen LogP contribution in [-0.2, 0) is 6.54 Å². The maximum absolute atomic E-state index is 11.9. The molecule has 0 fully saturated rings. The van der Waals surface area contributed by atoms with E-state index in [9.17, 15) is 13.6 Å². The van der Waals surface area contributed by atoms with Crippen LogP contribution in [0.3, 0.4) is 0 Å². The van der Waals surface area contributed by atoms with Gasteiger partial charge in [-0.1, -0.05) is 18.2 Å². The number of nitrogens with one attached hydrogen (secondary N) is 1. The summed E-state index contributed by atoms with van der Waals surface area (Å²) in [6.07, 6.45) is -2.20. The Hall–Kier alpha value is -1.91. The maximum Gasteiger partial charge on any atom is 0.404 e. The van der Waals surface area contributed by atoms with Gasteiger partial charge in [-0.15, -0.1) is 0 Å². The predicted molar refractivity (Wildman–Crippen MR) is 51.5 cm³/mol. The molecule has 0 unspecified atom stereocenters. The van der Waals surface area contributed by atoms with Gasteiger partial charge in [-0.25, -0.2) is 4.79 Å². The lowest BCUT2D eigenvalue weighted by atomic mass is 10.1. The van der Waals surface area contributed by atoms with Gasteiger partial charge >= 0.3 is 6.09 Å². The SMILES string of the molecule is O=C(O)NCc1cccc(C=C(F)F)c1. The molecule has 0 saturated heterocycles. The molecule has 0 atom stereocenters. The average Bonchev–Trinajstić information content (AvgIpc) is 2.14. The Morgan fingerprint density at radius 3 is 2.80 bits per heavy atom. The highest BCUT2D eigenvalue weighted by atomic mass is 19.3. The Morgan fingerprint density at radius 1 is 1.47 bits per heavy atom.